The highest BCUT2D eigenvalue weighted by molar-refractivity contribution is 6.30. The zero-order valence-corrected chi connectivity index (χ0v) is 24.6. The smallest absolute Gasteiger partial charge is 0.247 e. The van der Waals surface area contributed by atoms with Gasteiger partial charge in [0.25, 0.3) is 0 Å². The molecule has 0 aliphatic carbocycles. The molecule has 13 nitrogen and oxygen atoms in total. The molecule has 0 aromatic heterocycles. The van der Waals surface area contributed by atoms with Gasteiger partial charge in [0.2, 0.25) is 29.5 Å². The molecule has 1 fully saturated rings. The molecule has 0 saturated carbocycles. The van der Waals surface area contributed by atoms with E-state index in [4.69, 9.17) is 23.1 Å². The third kappa shape index (κ3) is 9.92. The standard InChI is InChI=1S/C27H41ClN8O5/c1-5-18-22(38)35-20(16-8-6-9-17(28)14-16)24(40)31-13-11-27(4,36-21(37)15(2)3)25(41)34-19(23(39)33-18)10-7-12-32-26(29)30/h6,8-9,14-15,18-20H,5,7,10-13H2,1-4H3,(H,31,40)(H,33,39)(H,34,41)(H,35,38)(H,36,37)(H4,29,30,32)/t18-,19-,20+,27+/m0/s1. The van der Waals surface area contributed by atoms with Gasteiger partial charge in [0, 0.05) is 24.0 Å². The molecule has 1 saturated heterocycles. The van der Waals surface area contributed by atoms with Crippen molar-refractivity contribution in [3.63, 3.8) is 0 Å². The van der Waals surface area contributed by atoms with E-state index in [-0.39, 0.29) is 44.2 Å². The van der Waals surface area contributed by atoms with Crippen molar-refractivity contribution in [1.29, 1.82) is 0 Å². The minimum absolute atomic E-state index is 0.000823. The highest BCUT2D eigenvalue weighted by atomic mass is 35.5. The molecule has 9 N–H and O–H groups in total. The van der Waals surface area contributed by atoms with Crippen LogP contribution < -0.4 is 38.1 Å². The topological polar surface area (TPSA) is 210 Å². The third-order valence-corrected chi connectivity index (χ3v) is 6.92. The maximum atomic E-state index is 13.6. The summed E-state index contributed by atoms with van der Waals surface area (Å²) in [4.78, 5) is 70.1. The van der Waals surface area contributed by atoms with Gasteiger partial charge in [0.1, 0.15) is 23.7 Å². The number of carbonyl (C=O) groups excluding carboxylic acids is 5. The zero-order valence-electron chi connectivity index (χ0n) is 23.9. The SMILES string of the molecule is CC[C@@H]1NC(=O)[C@H](CCCN=C(N)N)NC(=O)[C@](C)(NC(=O)C(C)C)CCNC(=O)[C@@H](c2cccc(Cl)c2)NC1=O. The van der Waals surface area contributed by atoms with Gasteiger partial charge < -0.3 is 38.1 Å². The summed E-state index contributed by atoms with van der Waals surface area (Å²) in [5.41, 5.74) is 9.74. The molecule has 0 bridgehead atoms. The Balaban J connectivity index is 2.48. The van der Waals surface area contributed by atoms with Gasteiger partial charge in [-0.2, -0.15) is 0 Å². The molecule has 1 aliphatic heterocycles. The van der Waals surface area contributed by atoms with E-state index in [9.17, 15) is 24.0 Å². The Kier molecular flexibility index (Phi) is 12.4. The molecule has 1 aromatic carbocycles. The van der Waals surface area contributed by atoms with Crippen LogP contribution >= 0.6 is 11.6 Å². The number of halogens is 1. The van der Waals surface area contributed by atoms with Crippen molar-refractivity contribution < 1.29 is 24.0 Å². The molecule has 14 heteroatoms. The summed E-state index contributed by atoms with van der Waals surface area (Å²) in [5.74, 6) is -3.26. The first-order chi connectivity index (χ1) is 19.3. The fraction of sp³-hybridized carbons (Fsp3) is 0.556. The van der Waals surface area contributed by atoms with Gasteiger partial charge in [0.15, 0.2) is 5.96 Å². The van der Waals surface area contributed by atoms with Gasteiger partial charge in [-0.25, -0.2) is 0 Å². The lowest BCUT2D eigenvalue weighted by Crippen LogP contribution is -2.63. The lowest BCUT2D eigenvalue weighted by atomic mass is 9.94. The minimum atomic E-state index is -1.48. The van der Waals surface area contributed by atoms with E-state index in [1.54, 1.807) is 45.0 Å². The molecule has 0 spiro atoms. The Labute approximate surface area is 245 Å². The summed E-state index contributed by atoms with van der Waals surface area (Å²) in [6.45, 7) is 6.79. The second kappa shape index (κ2) is 15.2. The monoisotopic (exact) mass is 592 g/mol. The summed E-state index contributed by atoms with van der Waals surface area (Å²) < 4.78 is 0. The fourth-order valence-corrected chi connectivity index (χ4v) is 4.33. The van der Waals surface area contributed by atoms with Gasteiger partial charge in [-0.3, -0.25) is 29.0 Å². The first-order valence-electron chi connectivity index (χ1n) is 13.6. The number of nitrogens with zero attached hydrogens (tertiary/aromatic N) is 1. The van der Waals surface area contributed by atoms with Crippen LogP contribution in [0.5, 0.6) is 0 Å². The summed E-state index contributed by atoms with van der Waals surface area (Å²) in [5, 5.41) is 14.0. The number of aliphatic imine (C=N–C) groups is 1. The number of hydrogen-bond donors (Lipinski definition) is 7. The molecule has 1 aromatic rings. The molecule has 4 atom stereocenters. The number of benzene rings is 1. The second-order valence-electron chi connectivity index (χ2n) is 10.5. The number of rotatable bonds is 8. The molecule has 41 heavy (non-hydrogen) atoms. The quantitative estimate of drug-likeness (QED) is 0.124. The van der Waals surface area contributed by atoms with Crippen LogP contribution in [-0.2, 0) is 24.0 Å². The number of amides is 5. The Morgan fingerprint density at radius 2 is 1.78 bits per heavy atom. The molecular formula is C27H41ClN8O5. The molecule has 5 amide bonds. The highest BCUT2D eigenvalue weighted by Gasteiger charge is 2.38. The van der Waals surface area contributed by atoms with Crippen LogP contribution in [-0.4, -0.2) is 66.2 Å². The summed E-state index contributed by atoms with van der Waals surface area (Å²) in [6, 6.07) is 3.29. The van der Waals surface area contributed by atoms with E-state index < -0.39 is 53.2 Å². The van der Waals surface area contributed by atoms with Crippen molar-refractivity contribution in [1.82, 2.24) is 26.6 Å². The van der Waals surface area contributed by atoms with Crippen molar-refractivity contribution in [2.75, 3.05) is 13.1 Å². The van der Waals surface area contributed by atoms with Crippen molar-refractivity contribution in [2.24, 2.45) is 22.4 Å². The van der Waals surface area contributed by atoms with Crippen LogP contribution in [0.1, 0.15) is 65.0 Å². The van der Waals surface area contributed by atoms with Crippen molar-refractivity contribution in [2.45, 2.75) is 77.0 Å². The maximum absolute atomic E-state index is 13.6. The van der Waals surface area contributed by atoms with E-state index in [1.807, 2.05) is 0 Å². The lowest BCUT2D eigenvalue weighted by molar-refractivity contribution is -0.138. The normalized spacial score (nSPS) is 24.3. The van der Waals surface area contributed by atoms with Crippen LogP contribution in [0.25, 0.3) is 0 Å². The number of nitrogens with one attached hydrogen (secondary N) is 5. The van der Waals surface area contributed by atoms with Gasteiger partial charge in [-0.1, -0.05) is 44.5 Å². The Bertz CT molecular complexity index is 1160. The number of nitrogens with two attached hydrogens (primary N) is 2. The molecule has 1 aliphatic rings. The van der Waals surface area contributed by atoms with Crippen molar-refractivity contribution in [3.05, 3.63) is 34.9 Å². The zero-order chi connectivity index (χ0) is 30.7. The Morgan fingerprint density at radius 3 is 2.39 bits per heavy atom. The lowest BCUT2D eigenvalue weighted by Gasteiger charge is -2.33. The summed E-state index contributed by atoms with van der Waals surface area (Å²) in [7, 11) is 0. The predicted octanol–water partition coefficient (Wildman–Crippen LogP) is -0.0187. The van der Waals surface area contributed by atoms with Crippen LogP contribution in [0.2, 0.25) is 5.02 Å². The number of carbonyl (C=O) groups is 5. The van der Waals surface area contributed by atoms with E-state index >= 15 is 0 Å². The maximum Gasteiger partial charge on any atom is 0.247 e. The highest BCUT2D eigenvalue weighted by Crippen LogP contribution is 2.20. The van der Waals surface area contributed by atoms with Crippen LogP contribution in [0.4, 0.5) is 0 Å². The van der Waals surface area contributed by atoms with E-state index in [0.717, 1.165) is 0 Å². The summed E-state index contributed by atoms with van der Waals surface area (Å²) in [6.07, 6.45) is 0.709. The van der Waals surface area contributed by atoms with Crippen molar-refractivity contribution >= 4 is 47.1 Å². The second-order valence-corrected chi connectivity index (χ2v) is 10.9. The summed E-state index contributed by atoms with van der Waals surface area (Å²) >= 11 is 6.15. The minimum Gasteiger partial charge on any atom is -0.370 e. The fourth-order valence-electron chi connectivity index (χ4n) is 4.13. The number of hydrogen-bond acceptors (Lipinski definition) is 6. The predicted molar refractivity (Wildman–Crippen MR) is 155 cm³/mol. The first kappa shape index (κ1) is 33.3. The number of guanidine groups is 1. The molecule has 0 radical (unpaired) electrons. The molecule has 1 heterocycles. The molecule has 0 unspecified atom stereocenters. The van der Waals surface area contributed by atoms with Crippen LogP contribution in [0, 0.1) is 5.92 Å². The Hall–Kier alpha value is -3.87. The van der Waals surface area contributed by atoms with E-state index in [2.05, 4.69) is 31.6 Å². The third-order valence-electron chi connectivity index (χ3n) is 6.69. The molecular weight excluding hydrogens is 552 g/mol. The van der Waals surface area contributed by atoms with Gasteiger partial charge in [-0.15, -0.1) is 0 Å². The average molecular weight is 593 g/mol. The molecule has 2 rings (SSSR count). The van der Waals surface area contributed by atoms with Crippen molar-refractivity contribution in [3.8, 4) is 0 Å². The first-order valence-corrected chi connectivity index (χ1v) is 14.0. The largest absolute Gasteiger partial charge is 0.370 e. The van der Waals surface area contributed by atoms with Gasteiger partial charge in [-0.05, 0) is 50.3 Å². The van der Waals surface area contributed by atoms with Crippen LogP contribution in [0.3, 0.4) is 0 Å². The Morgan fingerprint density at radius 1 is 1.10 bits per heavy atom. The van der Waals surface area contributed by atoms with Gasteiger partial charge >= 0.3 is 0 Å². The van der Waals surface area contributed by atoms with E-state index in [1.165, 1.54) is 6.92 Å². The average Bonchev–Trinajstić information content (AvgIpc) is 2.90. The van der Waals surface area contributed by atoms with E-state index in [0.29, 0.717) is 17.0 Å². The van der Waals surface area contributed by atoms with Crippen LogP contribution in [0.15, 0.2) is 29.3 Å². The van der Waals surface area contributed by atoms with Gasteiger partial charge in [0.05, 0.1) is 0 Å². The molecule has 226 valence electrons.